The lowest BCUT2D eigenvalue weighted by Crippen LogP contribution is -2.47. The van der Waals surface area contributed by atoms with Gasteiger partial charge in [0, 0.05) is 39.1 Å². The van der Waals surface area contributed by atoms with Crippen molar-refractivity contribution in [2.24, 2.45) is 0 Å². The van der Waals surface area contributed by atoms with Crippen molar-refractivity contribution in [2.45, 2.75) is 26.1 Å². The number of rotatable bonds is 5. The van der Waals surface area contributed by atoms with Crippen LogP contribution in [0.5, 0.6) is 0 Å². The minimum atomic E-state index is -0.00837. The number of hydrogen-bond donors (Lipinski definition) is 0. The van der Waals surface area contributed by atoms with Gasteiger partial charge in [0.15, 0.2) is 6.29 Å². The van der Waals surface area contributed by atoms with Crippen molar-refractivity contribution in [2.75, 3.05) is 50.8 Å². The summed E-state index contributed by atoms with van der Waals surface area (Å²) in [6.45, 7) is 8.66. The van der Waals surface area contributed by atoms with E-state index in [1.807, 2.05) is 0 Å². The summed E-state index contributed by atoms with van der Waals surface area (Å²) in [7, 11) is 0. The van der Waals surface area contributed by atoms with E-state index in [1.165, 1.54) is 0 Å². The second-order valence-electron chi connectivity index (χ2n) is 6.26. The molecule has 4 rings (SSSR count). The van der Waals surface area contributed by atoms with Gasteiger partial charge < -0.3 is 14.4 Å². The number of hydrogen-bond acceptors (Lipinski definition) is 7. The van der Waals surface area contributed by atoms with Gasteiger partial charge in [0.2, 0.25) is 5.65 Å². The van der Waals surface area contributed by atoms with Crippen molar-refractivity contribution >= 4 is 11.3 Å². The van der Waals surface area contributed by atoms with Crippen LogP contribution in [0.2, 0.25) is 0 Å². The van der Waals surface area contributed by atoms with E-state index in [-0.39, 0.29) is 6.29 Å². The Kier molecular flexibility index (Phi) is 4.59. The second kappa shape index (κ2) is 7.00. The molecule has 0 amide bonds. The topological polar surface area (TPSA) is 68.0 Å². The highest BCUT2D eigenvalue weighted by Crippen LogP contribution is 2.22. The first-order valence-corrected chi connectivity index (χ1v) is 8.74. The van der Waals surface area contributed by atoms with Crippen molar-refractivity contribution in [3.8, 4) is 0 Å². The van der Waals surface area contributed by atoms with Gasteiger partial charge in [-0.2, -0.15) is 9.61 Å². The van der Waals surface area contributed by atoms with Gasteiger partial charge in [0.25, 0.3) is 0 Å². The fourth-order valence-corrected chi connectivity index (χ4v) is 3.34. The summed E-state index contributed by atoms with van der Waals surface area (Å²) in [5.74, 6) is 0. The van der Waals surface area contributed by atoms with Crippen molar-refractivity contribution in [3.63, 3.8) is 0 Å². The highest BCUT2D eigenvalue weighted by atomic mass is 16.7. The Morgan fingerprint density at radius 1 is 1.17 bits per heavy atom. The van der Waals surface area contributed by atoms with Gasteiger partial charge in [-0.05, 0) is 12.5 Å². The summed E-state index contributed by atoms with van der Waals surface area (Å²) >= 11 is 0. The number of fused-ring (bicyclic) bond motifs is 1. The Labute approximate surface area is 141 Å². The standard InChI is InChI=1S/C16H24N6O2/c1-2-13-11-14(16-18-17-12-22(16)19-13)21-7-5-20(6-8-21)4-3-15-23-9-10-24-15/h11-12,15H,2-10H2,1H3. The van der Waals surface area contributed by atoms with Crippen LogP contribution in [0.3, 0.4) is 0 Å². The van der Waals surface area contributed by atoms with Crippen LogP contribution in [0.15, 0.2) is 12.4 Å². The Balaban J connectivity index is 1.39. The number of nitrogens with zero attached hydrogens (tertiary/aromatic N) is 6. The third kappa shape index (κ3) is 3.22. The fraction of sp³-hybridized carbons (Fsp3) is 0.688. The van der Waals surface area contributed by atoms with Crippen molar-refractivity contribution in [1.29, 1.82) is 0 Å². The zero-order valence-electron chi connectivity index (χ0n) is 14.1. The molecule has 130 valence electrons. The van der Waals surface area contributed by atoms with Crippen molar-refractivity contribution < 1.29 is 9.47 Å². The predicted octanol–water partition coefficient (Wildman–Crippen LogP) is 0.572. The van der Waals surface area contributed by atoms with Crippen LogP contribution in [0.1, 0.15) is 19.0 Å². The van der Waals surface area contributed by atoms with E-state index in [0.29, 0.717) is 0 Å². The van der Waals surface area contributed by atoms with E-state index in [2.05, 4.69) is 38.1 Å². The number of anilines is 1. The smallest absolute Gasteiger partial charge is 0.200 e. The normalized spacial score (nSPS) is 20.3. The maximum atomic E-state index is 5.52. The number of aromatic nitrogens is 4. The van der Waals surface area contributed by atoms with E-state index >= 15 is 0 Å². The third-order valence-electron chi connectivity index (χ3n) is 4.75. The molecule has 8 heteroatoms. The third-order valence-corrected chi connectivity index (χ3v) is 4.75. The Bertz CT molecular complexity index is 676. The van der Waals surface area contributed by atoms with E-state index in [9.17, 15) is 0 Å². The maximum Gasteiger partial charge on any atom is 0.200 e. The van der Waals surface area contributed by atoms with E-state index in [4.69, 9.17) is 9.47 Å². The number of ether oxygens (including phenoxy) is 2. The van der Waals surface area contributed by atoms with Crippen molar-refractivity contribution in [3.05, 3.63) is 18.1 Å². The molecule has 0 spiro atoms. The summed E-state index contributed by atoms with van der Waals surface area (Å²) < 4.78 is 12.8. The molecule has 2 fully saturated rings. The molecule has 2 aromatic heterocycles. The van der Waals surface area contributed by atoms with Gasteiger partial charge in [-0.1, -0.05) is 6.92 Å². The molecule has 0 saturated carbocycles. The summed E-state index contributed by atoms with van der Waals surface area (Å²) in [6.07, 6.45) is 3.52. The van der Waals surface area contributed by atoms with E-state index in [1.54, 1.807) is 10.8 Å². The van der Waals surface area contributed by atoms with Gasteiger partial charge >= 0.3 is 0 Å². The SMILES string of the molecule is CCc1cc(N2CCN(CCC3OCCO3)CC2)c2nncn2n1. The van der Waals surface area contributed by atoms with Crippen LogP contribution in [0, 0.1) is 0 Å². The van der Waals surface area contributed by atoms with Gasteiger partial charge in [-0.25, -0.2) is 0 Å². The highest BCUT2D eigenvalue weighted by Gasteiger charge is 2.22. The van der Waals surface area contributed by atoms with Crippen LogP contribution in [-0.2, 0) is 15.9 Å². The minimum absolute atomic E-state index is 0.00837. The molecule has 2 saturated heterocycles. The highest BCUT2D eigenvalue weighted by molar-refractivity contribution is 5.68. The lowest BCUT2D eigenvalue weighted by molar-refractivity contribution is -0.0516. The molecule has 0 aliphatic carbocycles. The zero-order chi connectivity index (χ0) is 16.4. The van der Waals surface area contributed by atoms with Crippen molar-refractivity contribution in [1.82, 2.24) is 24.7 Å². The molecule has 0 aromatic carbocycles. The summed E-state index contributed by atoms with van der Waals surface area (Å²) in [5, 5.41) is 12.8. The average molecular weight is 332 g/mol. The molecule has 8 nitrogen and oxygen atoms in total. The first-order chi connectivity index (χ1) is 11.8. The molecular formula is C16H24N6O2. The van der Waals surface area contributed by atoms with Gasteiger partial charge in [-0.15, -0.1) is 10.2 Å². The predicted molar refractivity (Wildman–Crippen MR) is 89.1 cm³/mol. The molecule has 0 radical (unpaired) electrons. The Morgan fingerprint density at radius 2 is 1.96 bits per heavy atom. The molecule has 0 N–H and O–H groups in total. The summed E-state index contributed by atoms with van der Waals surface area (Å²) in [4.78, 5) is 4.87. The van der Waals surface area contributed by atoms with Gasteiger partial charge in [0.1, 0.15) is 6.33 Å². The Hall–Kier alpha value is -1.77. The first-order valence-electron chi connectivity index (χ1n) is 8.74. The fourth-order valence-electron chi connectivity index (χ4n) is 3.34. The number of piperazine rings is 1. The van der Waals surface area contributed by atoms with E-state index < -0.39 is 0 Å². The molecule has 2 aliphatic heterocycles. The molecule has 2 aliphatic rings. The van der Waals surface area contributed by atoms with Gasteiger partial charge in [0.05, 0.1) is 24.6 Å². The lowest BCUT2D eigenvalue weighted by Gasteiger charge is -2.36. The maximum absolute atomic E-state index is 5.52. The average Bonchev–Trinajstić information content (AvgIpc) is 3.31. The first kappa shape index (κ1) is 15.7. The molecule has 0 unspecified atom stereocenters. The van der Waals surface area contributed by atoms with Crippen LogP contribution in [-0.4, -0.2) is 76.9 Å². The summed E-state index contributed by atoms with van der Waals surface area (Å²) in [5.41, 5.74) is 3.05. The molecule has 2 aromatic rings. The van der Waals surface area contributed by atoms with Crippen LogP contribution in [0.25, 0.3) is 5.65 Å². The minimum Gasteiger partial charge on any atom is -0.366 e. The largest absolute Gasteiger partial charge is 0.366 e. The molecular weight excluding hydrogens is 308 g/mol. The Morgan fingerprint density at radius 3 is 2.71 bits per heavy atom. The van der Waals surface area contributed by atoms with Crippen LogP contribution >= 0.6 is 0 Å². The quantitative estimate of drug-likeness (QED) is 0.793. The molecule has 0 atom stereocenters. The zero-order valence-corrected chi connectivity index (χ0v) is 14.1. The molecule has 4 heterocycles. The summed E-state index contributed by atoms with van der Waals surface area (Å²) in [6, 6.07) is 2.15. The molecule has 0 bridgehead atoms. The van der Waals surface area contributed by atoms with E-state index in [0.717, 1.165) is 75.8 Å². The van der Waals surface area contributed by atoms with Crippen LogP contribution < -0.4 is 4.90 Å². The van der Waals surface area contributed by atoms with Gasteiger partial charge in [-0.3, -0.25) is 4.90 Å². The monoisotopic (exact) mass is 332 g/mol. The lowest BCUT2D eigenvalue weighted by atomic mass is 10.2. The number of aryl methyl sites for hydroxylation is 1. The van der Waals surface area contributed by atoms with Crippen LogP contribution in [0.4, 0.5) is 5.69 Å². The second-order valence-corrected chi connectivity index (χ2v) is 6.26. The molecule has 24 heavy (non-hydrogen) atoms.